The highest BCUT2D eigenvalue weighted by Gasteiger charge is 2.14. The van der Waals surface area contributed by atoms with Gasteiger partial charge in [0.1, 0.15) is 11.9 Å². The topological polar surface area (TPSA) is 82.0 Å². The van der Waals surface area contributed by atoms with E-state index in [0.717, 1.165) is 5.56 Å². The summed E-state index contributed by atoms with van der Waals surface area (Å²) in [4.78, 5) is 23.5. The van der Waals surface area contributed by atoms with E-state index in [0.29, 0.717) is 6.42 Å². The lowest BCUT2D eigenvalue weighted by molar-refractivity contribution is -0.136. The first-order valence-corrected chi connectivity index (χ1v) is 6.93. The van der Waals surface area contributed by atoms with Crippen LogP contribution in [-0.4, -0.2) is 18.4 Å². The molecule has 2 rings (SSSR count). The maximum Gasteiger partial charge on any atom is 0.313 e. The van der Waals surface area contributed by atoms with Gasteiger partial charge in [-0.15, -0.1) is 0 Å². The Hall–Kier alpha value is -3.20. The molecule has 2 amide bonds. The quantitative estimate of drug-likeness (QED) is 0.847. The van der Waals surface area contributed by atoms with Gasteiger partial charge in [-0.2, -0.15) is 5.26 Å². The summed E-state index contributed by atoms with van der Waals surface area (Å²) in [5, 5.41) is 13.8. The fraction of sp³-hybridized carbons (Fsp3) is 0.118. The van der Waals surface area contributed by atoms with Crippen LogP contribution in [0.3, 0.4) is 0 Å². The van der Waals surface area contributed by atoms with Gasteiger partial charge in [0.2, 0.25) is 0 Å². The van der Waals surface area contributed by atoms with Crippen molar-refractivity contribution in [2.45, 2.75) is 6.42 Å². The lowest BCUT2D eigenvalue weighted by atomic mass is 10.1. The Bertz CT molecular complexity index is 751. The second-order valence-electron chi connectivity index (χ2n) is 4.74. The van der Waals surface area contributed by atoms with Crippen LogP contribution < -0.4 is 10.6 Å². The molecule has 0 heterocycles. The highest BCUT2D eigenvalue weighted by molar-refractivity contribution is 6.39. The number of carbonyl (C=O) groups excluding carboxylic acids is 2. The molecular formula is C17H14FN3O2. The highest BCUT2D eigenvalue weighted by atomic mass is 19.1. The number of nitriles is 1. The minimum atomic E-state index is -0.841. The van der Waals surface area contributed by atoms with Crippen molar-refractivity contribution in [3.8, 4) is 6.07 Å². The summed E-state index contributed by atoms with van der Waals surface area (Å²) in [6.45, 7) is 0.248. The van der Waals surface area contributed by atoms with E-state index in [9.17, 15) is 14.0 Å². The van der Waals surface area contributed by atoms with Gasteiger partial charge in [-0.1, -0.05) is 24.3 Å². The third kappa shape index (κ3) is 4.64. The Morgan fingerprint density at radius 2 is 1.74 bits per heavy atom. The van der Waals surface area contributed by atoms with Crippen molar-refractivity contribution in [3.63, 3.8) is 0 Å². The average Bonchev–Trinajstić information content (AvgIpc) is 2.57. The van der Waals surface area contributed by atoms with E-state index in [1.165, 1.54) is 12.1 Å². The monoisotopic (exact) mass is 311 g/mol. The van der Waals surface area contributed by atoms with Gasteiger partial charge in [0.05, 0.1) is 11.3 Å². The molecule has 0 saturated carbocycles. The van der Waals surface area contributed by atoms with Crippen molar-refractivity contribution >= 4 is 17.5 Å². The van der Waals surface area contributed by atoms with E-state index in [1.807, 2.05) is 6.07 Å². The number of amides is 2. The average molecular weight is 311 g/mol. The van der Waals surface area contributed by atoms with Crippen molar-refractivity contribution in [3.05, 3.63) is 65.5 Å². The highest BCUT2D eigenvalue weighted by Crippen LogP contribution is 2.13. The van der Waals surface area contributed by atoms with Crippen molar-refractivity contribution < 1.29 is 14.0 Å². The second-order valence-corrected chi connectivity index (χ2v) is 4.74. The molecule has 0 aliphatic rings. The standard InChI is InChI=1S/C17H14FN3O2/c18-14-7-5-12(6-8-14)9-10-20-16(22)17(23)21-15-4-2-1-3-13(15)11-19/h1-8H,9-10H2,(H,20,22)(H,21,23). The van der Waals surface area contributed by atoms with E-state index in [2.05, 4.69) is 10.6 Å². The van der Waals surface area contributed by atoms with Crippen LogP contribution in [0.1, 0.15) is 11.1 Å². The Balaban J connectivity index is 1.84. The summed E-state index contributed by atoms with van der Waals surface area (Å²) in [6.07, 6.45) is 0.480. The second kappa shape index (κ2) is 7.71. The molecule has 2 aromatic carbocycles. The largest absolute Gasteiger partial charge is 0.347 e. The van der Waals surface area contributed by atoms with Gasteiger partial charge in [0, 0.05) is 6.54 Å². The van der Waals surface area contributed by atoms with Crippen LogP contribution in [0, 0.1) is 17.1 Å². The number of nitrogens with zero attached hydrogens (tertiary/aromatic N) is 1. The Kier molecular flexibility index (Phi) is 5.42. The number of benzene rings is 2. The van der Waals surface area contributed by atoms with E-state index in [1.54, 1.807) is 36.4 Å². The van der Waals surface area contributed by atoms with Crippen LogP contribution >= 0.6 is 0 Å². The molecule has 0 aromatic heterocycles. The normalized spacial score (nSPS) is 9.74. The van der Waals surface area contributed by atoms with Crippen molar-refractivity contribution in [2.24, 2.45) is 0 Å². The predicted molar refractivity (Wildman–Crippen MR) is 82.9 cm³/mol. The Morgan fingerprint density at radius 1 is 1.04 bits per heavy atom. The fourth-order valence-corrected chi connectivity index (χ4v) is 1.92. The molecule has 6 heteroatoms. The van der Waals surface area contributed by atoms with Gasteiger partial charge in [0.25, 0.3) is 0 Å². The first kappa shape index (κ1) is 16.2. The summed E-state index contributed by atoms with van der Waals surface area (Å²) in [5.74, 6) is -1.96. The molecule has 0 unspecified atom stereocenters. The van der Waals surface area contributed by atoms with Gasteiger partial charge in [-0.05, 0) is 36.2 Å². The van der Waals surface area contributed by atoms with E-state index < -0.39 is 11.8 Å². The molecule has 0 aliphatic heterocycles. The zero-order valence-corrected chi connectivity index (χ0v) is 12.2. The van der Waals surface area contributed by atoms with Crippen LogP contribution in [0.5, 0.6) is 0 Å². The lowest BCUT2D eigenvalue weighted by Gasteiger charge is -2.07. The first-order chi connectivity index (χ1) is 11.1. The lowest BCUT2D eigenvalue weighted by Crippen LogP contribution is -2.36. The van der Waals surface area contributed by atoms with Crippen molar-refractivity contribution in [1.82, 2.24) is 5.32 Å². The Morgan fingerprint density at radius 3 is 2.43 bits per heavy atom. The molecule has 0 radical (unpaired) electrons. The van der Waals surface area contributed by atoms with Crippen LogP contribution in [0.2, 0.25) is 0 Å². The molecule has 0 aliphatic carbocycles. The van der Waals surface area contributed by atoms with Crippen molar-refractivity contribution in [2.75, 3.05) is 11.9 Å². The fourth-order valence-electron chi connectivity index (χ4n) is 1.92. The van der Waals surface area contributed by atoms with Gasteiger partial charge in [0.15, 0.2) is 0 Å². The molecule has 0 saturated heterocycles. The Labute approximate surface area is 132 Å². The number of carbonyl (C=O) groups is 2. The van der Waals surface area contributed by atoms with Gasteiger partial charge in [-0.25, -0.2) is 4.39 Å². The minimum absolute atomic E-state index is 0.248. The number of halogens is 1. The van der Waals surface area contributed by atoms with Crippen LogP contribution in [-0.2, 0) is 16.0 Å². The van der Waals surface area contributed by atoms with Crippen LogP contribution in [0.15, 0.2) is 48.5 Å². The smallest absolute Gasteiger partial charge is 0.313 e. The number of rotatable bonds is 4. The zero-order valence-electron chi connectivity index (χ0n) is 12.2. The predicted octanol–water partition coefficient (Wildman–Crippen LogP) is 1.99. The maximum absolute atomic E-state index is 12.8. The van der Waals surface area contributed by atoms with Gasteiger partial charge < -0.3 is 10.6 Å². The number of anilines is 1. The van der Waals surface area contributed by atoms with E-state index >= 15 is 0 Å². The number of para-hydroxylation sites is 1. The maximum atomic E-state index is 12.8. The SMILES string of the molecule is N#Cc1ccccc1NC(=O)C(=O)NCCc1ccc(F)cc1. The third-order valence-corrected chi connectivity index (χ3v) is 3.11. The number of hydrogen-bond donors (Lipinski definition) is 2. The van der Waals surface area contributed by atoms with E-state index in [4.69, 9.17) is 5.26 Å². The van der Waals surface area contributed by atoms with Crippen LogP contribution in [0.4, 0.5) is 10.1 Å². The van der Waals surface area contributed by atoms with Gasteiger partial charge in [-0.3, -0.25) is 9.59 Å². The summed E-state index contributed by atoms with van der Waals surface area (Å²) in [6, 6.07) is 14.2. The molecule has 5 nitrogen and oxygen atoms in total. The number of hydrogen-bond acceptors (Lipinski definition) is 3. The molecule has 116 valence electrons. The molecule has 2 N–H and O–H groups in total. The summed E-state index contributed by atoms with van der Waals surface area (Å²) in [7, 11) is 0. The molecule has 2 aromatic rings. The zero-order chi connectivity index (χ0) is 16.7. The third-order valence-electron chi connectivity index (χ3n) is 3.11. The number of nitrogens with one attached hydrogen (secondary N) is 2. The van der Waals surface area contributed by atoms with Gasteiger partial charge >= 0.3 is 11.8 Å². The molecule has 0 fully saturated rings. The van der Waals surface area contributed by atoms with E-state index in [-0.39, 0.29) is 23.6 Å². The summed E-state index contributed by atoms with van der Waals surface area (Å²) >= 11 is 0. The molecule has 0 atom stereocenters. The van der Waals surface area contributed by atoms with Crippen LogP contribution in [0.25, 0.3) is 0 Å². The molecule has 0 bridgehead atoms. The van der Waals surface area contributed by atoms with Crippen molar-refractivity contribution in [1.29, 1.82) is 5.26 Å². The molecule has 0 spiro atoms. The molecule has 23 heavy (non-hydrogen) atoms. The summed E-state index contributed by atoms with van der Waals surface area (Å²) < 4.78 is 12.8. The minimum Gasteiger partial charge on any atom is -0.347 e. The summed E-state index contributed by atoms with van der Waals surface area (Å²) in [5.41, 5.74) is 1.41. The molecular weight excluding hydrogens is 297 g/mol. The first-order valence-electron chi connectivity index (χ1n) is 6.93.